The van der Waals surface area contributed by atoms with Gasteiger partial charge in [-0.05, 0) is 42.0 Å². The minimum absolute atomic E-state index is 0.151. The van der Waals surface area contributed by atoms with Gasteiger partial charge in [-0.2, -0.15) is 0 Å². The van der Waals surface area contributed by atoms with E-state index in [0.29, 0.717) is 11.1 Å². The number of nitrogens with zero attached hydrogens (tertiary/aromatic N) is 1. The molecule has 0 bridgehead atoms. The zero-order chi connectivity index (χ0) is 18.3. The van der Waals surface area contributed by atoms with E-state index in [0.717, 1.165) is 16.0 Å². The summed E-state index contributed by atoms with van der Waals surface area (Å²) < 4.78 is 1.66. The number of aromatic amines is 1. The lowest BCUT2D eigenvalue weighted by molar-refractivity contribution is 0.0697. The summed E-state index contributed by atoms with van der Waals surface area (Å²) >= 11 is 6.79. The van der Waals surface area contributed by atoms with E-state index in [4.69, 9.17) is 17.3 Å². The fraction of sp³-hybridized carbons (Fsp3) is 0. The number of benzene rings is 2. The molecule has 0 spiro atoms. The van der Waals surface area contributed by atoms with Crippen LogP contribution in [0.4, 0.5) is 0 Å². The summed E-state index contributed by atoms with van der Waals surface area (Å²) in [5.41, 5.74) is 2.24. The van der Waals surface area contributed by atoms with E-state index in [1.807, 2.05) is 35.7 Å². The van der Waals surface area contributed by atoms with Crippen molar-refractivity contribution in [3.05, 3.63) is 80.7 Å². The highest BCUT2D eigenvalue weighted by atomic mass is 32.1. The molecule has 5 nitrogen and oxygen atoms in total. The highest BCUT2D eigenvalue weighted by Gasteiger charge is 2.15. The van der Waals surface area contributed by atoms with Crippen molar-refractivity contribution in [1.29, 1.82) is 0 Å². The molecular formula is C19H12N2O3S2. The first-order valence-corrected chi connectivity index (χ1v) is 9.01. The van der Waals surface area contributed by atoms with Crippen molar-refractivity contribution in [2.45, 2.75) is 0 Å². The maximum absolute atomic E-state index is 13.2. The van der Waals surface area contributed by atoms with Crippen LogP contribution < -0.4 is 5.56 Å². The average Bonchev–Trinajstić information content (AvgIpc) is 3.07. The third-order valence-corrected chi connectivity index (χ3v) is 5.27. The first kappa shape index (κ1) is 16.4. The second kappa shape index (κ2) is 6.36. The summed E-state index contributed by atoms with van der Waals surface area (Å²) in [7, 11) is 0. The van der Waals surface area contributed by atoms with Gasteiger partial charge < -0.3 is 10.1 Å². The molecule has 0 unspecified atom stereocenters. The summed E-state index contributed by atoms with van der Waals surface area (Å²) in [5.74, 6) is -1.02. The largest absolute Gasteiger partial charge is 0.478 e. The maximum Gasteiger partial charge on any atom is 0.335 e. The van der Waals surface area contributed by atoms with Gasteiger partial charge in [0.1, 0.15) is 4.83 Å². The third kappa shape index (κ3) is 2.67. The molecular weight excluding hydrogens is 368 g/mol. The number of carboxylic acids is 1. The number of carboxylic acid groups (broad SMARTS) is 1. The maximum atomic E-state index is 13.2. The van der Waals surface area contributed by atoms with E-state index in [1.54, 1.807) is 12.1 Å². The minimum atomic E-state index is -1.02. The lowest BCUT2D eigenvalue weighted by Crippen LogP contribution is -2.20. The molecule has 0 radical (unpaired) electrons. The molecule has 2 aromatic carbocycles. The standard InChI is InChI=1S/C19H12N2O3S2/c22-17-15-14(11-4-2-1-3-5-11)10-26-16(15)20-19(25)21(17)13-8-6-12(7-9-13)18(23)24/h1-10H,(H,20,25)(H,23,24). The quantitative estimate of drug-likeness (QED) is 0.514. The topological polar surface area (TPSA) is 75.1 Å². The summed E-state index contributed by atoms with van der Waals surface area (Å²) in [4.78, 5) is 28.0. The average molecular weight is 380 g/mol. The van der Waals surface area contributed by atoms with Crippen LogP contribution in [0.2, 0.25) is 0 Å². The number of carbonyl (C=O) groups is 1. The van der Waals surface area contributed by atoms with Gasteiger partial charge >= 0.3 is 5.97 Å². The molecule has 4 aromatic rings. The zero-order valence-corrected chi connectivity index (χ0v) is 14.9. The number of fused-ring (bicyclic) bond motifs is 1. The van der Waals surface area contributed by atoms with Crippen molar-refractivity contribution in [3.8, 4) is 16.8 Å². The number of hydrogen-bond acceptors (Lipinski definition) is 4. The second-order valence-corrected chi connectivity index (χ2v) is 6.91. The van der Waals surface area contributed by atoms with Crippen LogP contribution in [0.25, 0.3) is 27.0 Å². The van der Waals surface area contributed by atoms with E-state index in [1.165, 1.54) is 28.0 Å². The van der Waals surface area contributed by atoms with E-state index in [2.05, 4.69) is 4.98 Å². The smallest absolute Gasteiger partial charge is 0.335 e. The Morgan fingerprint density at radius 1 is 1.08 bits per heavy atom. The van der Waals surface area contributed by atoms with E-state index >= 15 is 0 Å². The summed E-state index contributed by atoms with van der Waals surface area (Å²) in [6.45, 7) is 0. The highest BCUT2D eigenvalue weighted by molar-refractivity contribution is 7.71. The number of aromatic nitrogens is 2. The van der Waals surface area contributed by atoms with Crippen LogP contribution in [0.15, 0.2) is 64.8 Å². The van der Waals surface area contributed by atoms with Crippen molar-refractivity contribution in [1.82, 2.24) is 9.55 Å². The number of rotatable bonds is 3. The Morgan fingerprint density at radius 2 is 1.77 bits per heavy atom. The van der Waals surface area contributed by atoms with Gasteiger partial charge in [-0.15, -0.1) is 11.3 Å². The molecule has 7 heteroatoms. The van der Waals surface area contributed by atoms with Gasteiger partial charge in [0.05, 0.1) is 16.6 Å². The molecule has 0 atom stereocenters. The number of thiophene rings is 1. The van der Waals surface area contributed by atoms with Crippen molar-refractivity contribution in [2.24, 2.45) is 0 Å². The Labute approximate surface area is 156 Å². The van der Waals surface area contributed by atoms with Gasteiger partial charge in [0.15, 0.2) is 4.77 Å². The molecule has 4 rings (SSSR count). The van der Waals surface area contributed by atoms with E-state index < -0.39 is 5.97 Å². The SMILES string of the molecule is O=C(O)c1ccc(-n2c(=S)[nH]c3scc(-c4ccccc4)c3c2=O)cc1. The minimum Gasteiger partial charge on any atom is -0.478 e. The molecule has 0 amide bonds. The Hall–Kier alpha value is -3.03. The normalized spacial score (nSPS) is 10.9. The molecule has 0 aliphatic heterocycles. The molecule has 2 aromatic heterocycles. The van der Waals surface area contributed by atoms with Gasteiger partial charge in [0, 0.05) is 10.9 Å². The van der Waals surface area contributed by atoms with Crippen LogP contribution in [-0.4, -0.2) is 20.6 Å². The molecule has 0 saturated heterocycles. The van der Waals surface area contributed by atoms with Crippen molar-refractivity contribution >= 4 is 39.7 Å². The first-order chi connectivity index (χ1) is 12.6. The molecule has 2 N–H and O–H groups in total. The van der Waals surface area contributed by atoms with Crippen LogP contribution in [-0.2, 0) is 0 Å². The highest BCUT2D eigenvalue weighted by Crippen LogP contribution is 2.30. The molecule has 0 fully saturated rings. The molecule has 0 aliphatic rings. The number of H-pyrrole nitrogens is 1. The molecule has 2 heterocycles. The van der Waals surface area contributed by atoms with Gasteiger partial charge in [-0.3, -0.25) is 9.36 Å². The first-order valence-electron chi connectivity index (χ1n) is 7.72. The Balaban J connectivity index is 1.98. The Bertz CT molecular complexity index is 1240. The molecule has 26 heavy (non-hydrogen) atoms. The Morgan fingerprint density at radius 3 is 2.42 bits per heavy atom. The predicted octanol–water partition coefficient (Wildman–Crippen LogP) is 4.47. The second-order valence-electron chi connectivity index (χ2n) is 5.64. The number of nitrogens with one attached hydrogen (secondary N) is 1. The molecule has 0 saturated carbocycles. The van der Waals surface area contributed by atoms with Crippen LogP contribution in [0.1, 0.15) is 10.4 Å². The van der Waals surface area contributed by atoms with Gasteiger partial charge in [0.2, 0.25) is 0 Å². The van der Waals surface area contributed by atoms with Crippen molar-refractivity contribution < 1.29 is 9.90 Å². The fourth-order valence-corrected chi connectivity index (χ4v) is 4.15. The number of aromatic carboxylic acids is 1. The summed E-state index contributed by atoms with van der Waals surface area (Å²) in [6.07, 6.45) is 0. The van der Waals surface area contributed by atoms with Crippen LogP contribution in [0, 0.1) is 4.77 Å². The van der Waals surface area contributed by atoms with E-state index in [-0.39, 0.29) is 15.9 Å². The number of hydrogen-bond donors (Lipinski definition) is 2. The van der Waals surface area contributed by atoms with Crippen molar-refractivity contribution in [3.63, 3.8) is 0 Å². The predicted molar refractivity (Wildman–Crippen MR) is 105 cm³/mol. The fourth-order valence-electron chi connectivity index (χ4n) is 2.84. The Kier molecular flexibility index (Phi) is 4.02. The van der Waals surface area contributed by atoms with Crippen LogP contribution in [0.3, 0.4) is 0 Å². The summed E-state index contributed by atoms with van der Waals surface area (Å²) in [5, 5.41) is 11.5. The van der Waals surface area contributed by atoms with E-state index in [9.17, 15) is 9.59 Å². The lowest BCUT2D eigenvalue weighted by Gasteiger charge is -2.08. The molecule has 0 aliphatic carbocycles. The summed E-state index contributed by atoms with van der Waals surface area (Å²) in [6, 6.07) is 15.7. The van der Waals surface area contributed by atoms with Gasteiger partial charge in [0.25, 0.3) is 5.56 Å². The van der Waals surface area contributed by atoms with Crippen LogP contribution in [0.5, 0.6) is 0 Å². The van der Waals surface area contributed by atoms with Gasteiger partial charge in [-0.1, -0.05) is 30.3 Å². The van der Waals surface area contributed by atoms with Crippen LogP contribution >= 0.6 is 23.6 Å². The van der Waals surface area contributed by atoms with Crippen molar-refractivity contribution in [2.75, 3.05) is 0 Å². The van der Waals surface area contributed by atoms with Gasteiger partial charge in [-0.25, -0.2) is 4.79 Å². The monoisotopic (exact) mass is 380 g/mol. The zero-order valence-electron chi connectivity index (χ0n) is 13.3. The lowest BCUT2D eigenvalue weighted by atomic mass is 10.1. The molecule has 128 valence electrons. The third-order valence-electron chi connectivity index (χ3n) is 4.09.